The minimum absolute atomic E-state index is 0.224. The first-order valence-electron chi connectivity index (χ1n) is 8.15. The molecule has 0 aliphatic carbocycles. The maximum Gasteiger partial charge on any atom is 0.407 e. The lowest BCUT2D eigenvalue weighted by Gasteiger charge is -2.26. The predicted molar refractivity (Wildman–Crippen MR) is 87.5 cm³/mol. The van der Waals surface area contributed by atoms with Crippen molar-refractivity contribution < 1.29 is 19.1 Å². The van der Waals surface area contributed by atoms with Gasteiger partial charge in [0.15, 0.2) is 0 Å². The second-order valence-corrected chi connectivity index (χ2v) is 6.42. The van der Waals surface area contributed by atoms with Crippen LogP contribution in [0.5, 0.6) is 0 Å². The van der Waals surface area contributed by atoms with E-state index in [0.717, 1.165) is 39.3 Å². The summed E-state index contributed by atoms with van der Waals surface area (Å²) in [4.78, 5) is 25.3. The lowest BCUT2D eigenvalue weighted by Crippen LogP contribution is -2.42. The highest BCUT2D eigenvalue weighted by molar-refractivity contribution is 5.73. The van der Waals surface area contributed by atoms with E-state index in [2.05, 4.69) is 20.9 Å². The molecule has 1 saturated heterocycles. The number of ether oxygens (including phenoxy) is 2. The lowest BCUT2D eigenvalue weighted by atomic mass is 10.2. The maximum atomic E-state index is 11.6. The average molecular weight is 330 g/mol. The molecule has 0 atom stereocenters. The van der Waals surface area contributed by atoms with Gasteiger partial charge in [-0.1, -0.05) is 0 Å². The number of alkyl carbamates (subject to hydrolysis) is 1. The Labute approximate surface area is 138 Å². The number of nitrogens with one attached hydrogen (secondary N) is 3. The lowest BCUT2D eigenvalue weighted by molar-refractivity contribution is 0.0375. The molecular formula is C15H30N4O4. The van der Waals surface area contributed by atoms with Crippen molar-refractivity contribution in [2.75, 3.05) is 52.5 Å². The molecule has 0 aromatic heterocycles. The van der Waals surface area contributed by atoms with Crippen LogP contribution in [0, 0.1) is 0 Å². The Hall–Kier alpha value is -1.54. The minimum Gasteiger partial charge on any atom is -0.444 e. The molecule has 1 aliphatic heterocycles. The number of amides is 3. The van der Waals surface area contributed by atoms with Gasteiger partial charge in [-0.25, -0.2) is 9.59 Å². The van der Waals surface area contributed by atoms with Gasteiger partial charge in [-0.15, -0.1) is 0 Å². The number of morpholine rings is 1. The Morgan fingerprint density at radius 1 is 1.04 bits per heavy atom. The molecule has 3 N–H and O–H groups in total. The molecule has 0 aromatic rings. The number of rotatable bonds is 7. The third-order valence-corrected chi connectivity index (χ3v) is 3.12. The van der Waals surface area contributed by atoms with E-state index >= 15 is 0 Å². The second kappa shape index (κ2) is 10.3. The van der Waals surface area contributed by atoms with Crippen LogP contribution in [0.15, 0.2) is 0 Å². The highest BCUT2D eigenvalue weighted by atomic mass is 16.6. The van der Waals surface area contributed by atoms with Crippen molar-refractivity contribution in [3.63, 3.8) is 0 Å². The van der Waals surface area contributed by atoms with Crippen LogP contribution in [0.25, 0.3) is 0 Å². The van der Waals surface area contributed by atoms with E-state index in [0.29, 0.717) is 19.6 Å². The van der Waals surface area contributed by atoms with Crippen molar-refractivity contribution in [1.82, 2.24) is 20.9 Å². The van der Waals surface area contributed by atoms with Crippen LogP contribution in [-0.2, 0) is 9.47 Å². The quantitative estimate of drug-likeness (QED) is 0.592. The Balaban J connectivity index is 1.94. The predicted octanol–water partition coefficient (Wildman–Crippen LogP) is 0.533. The van der Waals surface area contributed by atoms with Crippen LogP contribution in [-0.4, -0.2) is 75.1 Å². The molecule has 0 spiro atoms. The summed E-state index contributed by atoms with van der Waals surface area (Å²) < 4.78 is 10.4. The van der Waals surface area contributed by atoms with Crippen LogP contribution in [0.4, 0.5) is 9.59 Å². The van der Waals surface area contributed by atoms with Gasteiger partial charge in [0.25, 0.3) is 0 Å². The molecule has 8 heteroatoms. The molecule has 1 aliphatic rings. The molecule has 3 amide bonds. The van der Waals surface area contributed by atoms with E-state index < -0.39 is 11.7 Å². The third-order valence-electron chi connectivity index (χ3n) is 3.12. The van der Waals surface area contributed by atoms with Gasteiger partial charge in [0.1, 0.15) is 5.60 Å². The fourth-order valence-corrected chi connectivity index (χ4v) is 2.05. The number of hydrogen-bond acceptors (Lipinski definition) is 5. The Bertz CT molecular complexity index is 365. The number of hydrogen-bond donors (Lipinski definition) is 3. The first-order chi connectivity index (χ1) is 10.9. The highest BCUT2D eigenvalue weighted by Crippen LogP contribution is 2.05. The second-order valence-electron chi connectivity index (χ2n) is 6.42. The number of urea groups is 1. The van der Waals surface area contributed by atoms with Gasteiger partial charge in [0.2, 0.25) is 0 Å². The number of carbonyl (C=O) groups excluding carboxylic acids is 2. The van der Waals surface area contributed by atoms with Gasteiger partial charge in [0, 0.05) is 32.7 Å². The van der Waals surface area contributed by atoms with E-state index in [-0.39, 0.29) is 6.03 Å². The van der Waals surface area contributed by atoms with Gasteiger partial charge in [-0.2, -0.15) is 0 Å². The summed E-state index contributed by atoms with van der Waals surface area (Å²) in [5.74, 6) is 0. The fourth-order valence-electron chi connectivity index (χ4n) is 2.05. The van der Waals surface area contributed by atoms with Crippen LogP contribution in [0.1, 0.15) is 27.2 Å². The highest BCUT2D eigenvalue weighted by Gasteiger charge is 2.15. The van der Waals surface area contributed by atoms with E-state index in [1.807, 2.05) is 0 Å². The van der Waals surface area contributed by atoms with Gasteiger partial charge in [-0.05, 0) is 33.7 Å². The van der Waals surface area contributed by atoms with Crippen molar-refractivity contribution in [1.29, 1.82) is 0 Å². The SMILES string of the molecule is CC(C)(C)OC(=O)NCCNC(=O)NCCCN1CCOCC1. The first-order valence-corrected chi connectivity index (χ1v) is 8.15. The van der Waals surface area contributed by atoms with Gasteiger partial charge >= 0.3 is 12.1 Å². The van der Waals surface area contributed by atoms with E-state index in [1.54, 1.807) is 20.8 Å². The van der Waals surface area contributed by atoms with Gasteiger partial charge < -0.3 is 25.4 Å². The molecule has 0 saturated carbocycles. The molecule has 8 nitrogen and oxygen atoms in total. The fraction of sp³-hybridized carbons (Fsp3) is 0.867. The Morgan fingerprint density at radius 2 is 1.65 bits per heavy atom. The summed E-state index contributed by atoms with van der Waals surface area (Å²) >= 11 is 0. The van der Waals surface area contributed by atoms with Crippen molar-refractivity contribution in [2.45, 2.75) is 32.8 Å². The average Bonchev–Trinajstić information content (AvgIpc) is 2.47. The first kappa shape index (κ1) is 19.5. The molecule has 1 fully saturated rings. The normalized spacial score (nSPS) is 15.8. The summed E-state index contributed by atoms with van der Waals surface area (Å²) in [5, 5.41) is 8.06. The zero-order valence-electron chi connectivity index (χ0n) is 14.4. The summed E-state index contributed by atoms with van der Waals surface area (Å²) in [6.07, 6.45) is 0.425. The van der Waals surface area contributed by atoms with Crippen LogP contribution >= 0.6 is 0 Å². The maximum absolute atomic E-state index is 11.6. The van der Waals surface area contributed by atoms with Gasteiger partial charge in [0.05, 0.1) is 13.2 Å². The molecule has 0 unspecified atom stereocenters. The van der Waals surface area contributed by atoms with Crippen LogP contribution < -0.4 is 16.0 Å². The summed E-state index contributed by atoms with van der Waals surface area (Å²) in [7, 11) is 0. The molecule has 134 valence electrons. The van der Waals surface area contributed by atoms with Crippen molar-refractivity contribution >= 4 is 12.1 Å². The minimum atomic E-state index is -0.518. The van der Waals surface area contributed by atoms with Crippen molar-refractivity contribution in [3.05, 3.63) is 0 Å². The molecule has 0 aromatic carbocycles. The molecule has 1 rings (SSSR count). The Morgan fingerprint density at radius 3 is 2.30 bits per heavy atom. The topological polar surface area (TPSA) is 91.9 Å². The van der Waals surface area contributed by atoms with E-state index in [4.69, 9.17) is 9.47 Å². The Kier molecular flexibility index (Phi) is 8.71. The zero-order valence-corrected chi connectivity index (χ0v) is 14.4. The summed E-state index contributed by atoms with van der Waals surface area (Å²) in [6.45, 7) is 11.2. The van der Waals surface area contributed by atoms with Crippen molar-refractivity contribution in [2.24, 2.45) is 0 Å². The summed E-state index contributed by atoms with van der Waals surface area (Å²) in [5.41, 5.74) is -0.518. The van der Waals surface area contributed by atoms with Crippen molar-refractivity contribution in [3.8, 4) is 0 Å². The molecule has 23 heavy (non-hydrogen) atoms. The number of nitrogens with zero attached hydrogens (tertiary/aromatic N) is 1. The summed E-state index contributed by atoms with van der Waals surface area (Å²) in [6, 6.07) is -0.224. The third kappa shape index (κ3) is 10.8. The monoisotopic (exact) mass is 330 g/mol. The standard InChI is InChI=1S/C15H30N4O4/c1-15(2,3)23-14(21)18-7-6-17-13(20)16-5-4-8-19-9-11-22-12-10-19/h4-12H2,1-3H3,(H,18,21)(H2,16,17,20). The zero-order chi connectivity index (χ0) is 17.1. The van der Waals surface area contributed by atoms with E-state index in [1.165, 1.54) is 0 Å². The smallest absolute Gasteiger partial charge is 0.407 e. The largest absolute Gasteiger partial charge is 0.444 e. The van der Waals surface area contributed by atoms with Crippen LogP contribution in [0.3, 0.4) is 0 Å². The number of carbonyl (C=O) groups is 2. The molecule has 1 heterocycles. The van der Waals surface area contributed by atoms with Gasteiger partial charge in [-0.3, -0.25) is 4.90 Å². The molecular weight excluding hydrogens is 300 g/mol. The van der Waals surface area contributed by atoms with E-state index in [9.17, 15) is 9.59 Å². The molecule has 0 bridgehead atoms. The van der Waals surface area contributed by atoms with Crippen LogP contribution in [0.2, 0.25) is 0 Å². The molecule has 0 radical (unpaired) electrons.